The van der Waals surface area contributed by atoms with E-state index in [-0.39, 0.29) is 5.91 Å². The summed E-state index contributed by atoms with van der Waals surface area (Å²) in [6, 6.07) is 10.0. The van der Waals surface area contributed by atoms with Crippen molar-refractivity contribution in [3.63, 3.8) is 0 Å². The van der Waals surface area contributed by atoms with Gasteiger partial charge in [0.05, 0.1) is 12.7 Å². The lowest BCUT2D eigenvalue weighted by Gasteiger charge is -2.08. The minimum atomic E-state index is -0.203. The van der Waals surface area contributed by atoms with Gasteiger partial charge in [-0.15, -0.1) is 11.3 Å². The molecule has 0 atom stereocenters. The second-order valence-electron chi connectivity index (χ2n) is 5.06. The molecule has 0 fully saturated rings. The fourth-order valence-corrected chi connectivity index (χ4v) is 2.71. The van der Waals surface area contributed by atoms with Crippen LogP contribution in [0.4, 0.5) is 5.82 Å². The molecule has 0 aliphatic rings. The van der Waals surface area contributed by atoms with Crippen LogP contribution in [0.2, 0.25) is 0 Å². The number of anilines is 1. The van der Waals surface area contributed by atoms with Crippen molar-refractivity contribution in [1.82, 2.24) is 14.8 Å². The number of aryl methyl sites for hydroxylation is 1. The highest BCUT2D eigenvalue weighted by atomic mass is 32.1. The van der Waals surface area contributed by atoms with Gasteiger partial charge in [-0.1, -0.05) is 29.8 Å². The molecule has 1 amide bonds. The summed E-state index contributed by atoms with van der Waals surface area (Å²) >= 11 is 1.48. The van der Waals surface area contributed by atoms with Gasteiger partial charge in [-0.2, -0.15) is 5.10 Å². The van der Waals surface area contributed by atoms with E-state index in [4.69, 9.17) is 0 Å². The van der Waals surface area contributed by atoms with Gasteiger partial charge < -0.3 is 5.32 Å². The van der Waals surface area contributed by atoms with Gasteiger partial charge in [0.15, 0.2) is 0 Å². The van der Waals surface area contributed by atoms with Crippen LogP contribution in [-0.2, 0) is 11.3 Å². The summed E-state index contributed by atoms with van der Waals surface area (Å²) in [4.78, 5) is 16.1. The summed E-state index contributed by atoms with van der Waals surface area (Å²) in [5.74, 6) is 0.464. The molecule has 3 aromatic rings. The molecule has 0 bridgehead atoms. The number of aromatic nitrogens is 3. The number of hydrogen-bond acceptors (Lipinski definition) is 4. The number of nitrogens with zero attached hydrogens (tertiary/aromatic N) is 3. The summed E-state index contributed by atoms with van der Waals surface area (Å²) in [5.41, 5.74) is 2.34. The molecule has 0 unspecified atom stereocenters. The summed E-state index contributed by atoms with van der Waals surface area (Å²) < 4.78 is 1.77. The van der Waals surface area contributed by atoms with E-state index < -0.39 is 0 Å². The third-order valence-electron chi connectivity index (χ3n) is 3.21. The van der Waals surface area contributed by atoms with Crippen LogP contribution in [0.3, 0.4) is 0 Å². The minimum Gasteiger partial charge on any atom is -0.307 e. The summed E-state index contributed by atoms with van der Waals surface area (Å²) in [5, 5.41) is 9.78. The first-order valence-corrected chi connectivity index (χ1v) is 8.04. The maximum Gasteiger partial charge on any atom is 0.249 e. The van der Waals surface area contributed by atoms with E-state index in [1.165, 1.54) is 23.0 Å². The number of carbonyl (C=O) groups is 1. The highest BCUT2D eigenvalue weighted by Gasteiger charge is 2.06. The monoisotopic (exact) mass is 324 g/mol. The minimum absolute atomic E-state index is 0.203. The molecule has 1 aromatic carbocycles. The Balaban J connectivity index is 1.67. The van der Waals surface area contributed by atoms with Gasteiger partial charge in [0.1, 0.15) is 10.8 Å². The van der Waals surface area contributed by atoms with Gasteiger partial charge in [-0.05, 0) is 18.6 Å². The molecular weight excluding hydrogens is 308 g/mol. The van der Waals surface area contributed by atoms with Gasteiger partial charge in [-0.25, -0.2) is 9.67 Å². The van der Waals surface area contributed by atoms with E-state index in [2.05, 4.69) is 34.5 Å². The quantitative estimate of drug-likeness (QED) is 0.732. The van der Waals surface area contributed by atoms with Crippen LogP contribution in [0.25, 0.3) is 6.08 Å². The predicted octanol–water partition coefficient (Wildman–Crippen LogP) is 3.35. The molecule has 3 rings (SSSR count). The molecule has 1 N–H and O–H groups in total. The number of carbonyl (C=O) groups excluding carboxylic acids is 1. The van der Waals surface area contributed by atoms with E-state index in [1.807, 2.05) is 17.5 Å². The number of amides is 1. The topological polar surface area (TPSA) is 59.8 Å². The first-order valence-electron chi connectivity index (χ1n) is 7.16. The summed E-state index contributed by atoms with van der Waals surface area (Å²) in [6.45, 7) is 2.67. The molecular formula is C17H16N4OS. The van der Waals surface area contributed by atoms with Gasteiger partial charge in [-0.3, -0.25) is 4.79 Å². The van der Waals surface area contributed by atoms with E-state index >= 15 is 0 Å². The molecule has 23 heavy (non-hydrogen) atoms. The van der Waals surface area contributed by atoms with Crippen LogP contribution in [0, 0.1) is 6.92 Å². The zero-order chi connectivity index (χ0) is 16.1. The third kappa shape index (κ3) is 4.14. The van der Waals surface area contributed by atoms with E-state index in [1.54, 1.807) is 29.2 Å². The Bertz CT molecular complexity index is 821. The largest absolute Gasteiger partial charge is 0.307 e. The Morgan fingerprint density at radius 2 is 2.26 bits per heavy atom. The average molecular weight is 324 g/mol. The summed E-state index contributed by atoms with van der Waals surface area (Å²) in [6.07, 6.45) is 6.55. The number of hydrogen-bond donors (Lipinski definition) is 1. The van der Waals surface area contributed by atoms with Crippen LogP contribution >= 0.6 is 11.3 Å². The Hall–Kier alpha value is -2.73. The van der Waals surface area contributed by atoms with Gasteiger partial charge in [0.25, 0.3) is 0 Å². The van der Waals surface area contributed by atoms with Crippen molar-refractivity contribution < 1.29 is 4.79 Å². The van der Waals surface area contributed by atoms with E-state index in [0.717, 1.165) is 10.6 Å². The Morgan fingerprint density at radius 1 is 1.35 bits per heavy atom. The molecule has 0 saturated heterocycles. The molecule has 0 spiro atoms. The maximum atomic E-state index is 12.0. The maximum absolute atomic E-state index is 12.0. The third-order valence-corrected chi connectivity index (χ3v) is 3.95. The lowest BCUT2D eigenvalue weighted by molar-refractivity contribution is -0.111. The molecule has 2 aromatic heterocycles. The molecule has 2 heterocycles. The molecule has 0 aliphatic heterocycles. The first-order chi connectivity index (χ1) is 11.2. The number of thiazole rings is 1. The van der Waals surface area contributed by atoms with Crippen LogP contribution in [-0.4, -0.2) is 20.7 Å². The van der Waals surface area contributed by atoms with Crippen LogP contribution in [0.15, 0.2) is 54.2 Å². The predicted molar refractivity (Wildman–Crippen MR) is 92.3 cm³/mol. The molecule has 116 valence electrons. The summed E-state index contributed by atoms with van der Waals surface area (Å²) in [7, 11) is 0. The Kier molecular flexibility index (Phi) is 4.63. The van der Waals surface area contributed by atoms with E-state index in [0.29, 0.717) is 12.4 Å². The molecule has 5 nitrogen and oxygen atoms in total. The highest BCUT2D eigenvalue weighted by molar-refractivity contribution is 7.10. The number of benzene rings is 1. The smallest absolute Gasteiger partial charge is 0.249 e. The molecule has 0 saturated carbocycles. The second kappa shape index (κ2) is 7.02. The van der Waals surface area contributed by atoms with Crippen LogP contribution in [0.5, 0.6) is 0 Å². The number of rotatable bonds is 5. The Morgan fingerprint density at radius 3 is 3.04 bits per heavy atom. The lowest BCUT2D eigenvalue weighted by Crippen LogP contribution is -2.13. The first kappa shape index (κ1) is 15.2. The van der Waals surface area contributed by atoms with Crippen molar-refractivity contribution in [3.8, 4) is 0 Å². The van der Waals surface area contributed by atoms with Crippen molar-refractivity contribution >= 4 is 29.1 Å². The van der Waals surface area contributed by atoms with Gasteiger partial charge in [0.2, 0.25) is 5.91 Å². The van der Waals surface area contributed by atoms with Crippen molar-refractivity contribution in [2.24, 2.45) is 0 Å². The zero-order valence-corrected chi connectivity index (χ0v) is 13.5. The van der Waals surface area contributed by atoms with Crippen molar-refractivity contribution in [2.45, 2.75) is 13.5 Å². The van der Waals surface area contributed by atoms with Gasteiger partial charge in [0, 0.05) is 23.7 Å². The average Bonchev–Trinajstić information content (AvgIpc) is 3.18. The number of nitrogens with one attached hydrogen (secondary N) is 1. The second-order valence-corrected chi connectivity index (χ2v) is 5.98. The standard InChI is InChI=1S/C17H16N4OS/c1-13-3-2-4-14(11-13)12-21-15(7-8-19-21)20-16(22)5-6-17-18-9-10-23-17/h2-11H,12H2,1H3,(H,20,22)/b6-5+. The lowest BCUT2D eigenvalue weighted by atomic mass is 10.1. The molecule has 0 aliphatic carbocycles. The fourth-order valence-electron chi connectivity index (χ4n) is 2.18. The normalized spacial score (nSPS) is 11.0. The molecule has 0 radical (unpaired) electrons. The SMILES string of the molecule is Cc1cccc(Cn2nccc2NC(=O)/C=C/c2nccs2)c1. The highest BCUT2D eigenvalue weighted by Crippen LogP contribution is 2.12. The Labute approximate surface area is 138 Å². The van der Waals surface area contributed by atoms with Crippen LogP contribution < -0.4 is 5.32 Å². The van der Waals surface area contributed by atoms with E-state index in [9.17, 15) is 4.79 Å². The fraction of sp³-hybridized carbons (Fsp3) is 0.118. The van der Waals surface area contributed by atoms with Gasteiger partial charge >= 0.3 is 0 Å². The van der Waals surface area contributed by atoms with Crippen molar-refractivity contribution in [2.75, 3.05) is 5.32 Å². The zero-order valence-electron chi connectivity index (χ0n) is 12.6. The van der Waals surface area contributed by atoms with Crippen LogP contribution in [0.1, 0.15) is 16.1 Å². The molecule has 6 heteroatoms. The van der Waals surface area contributed by atoms with Crippen molar-refractivity contribution in [3.05, 3.63) is 70.3 Å². The van der Waals surface area contributed by atoms with Crippen molar-refractivity contribution in [1.29, 1.82) is 0 Å².